The van der Waals surface area contributed by atoms with Gasteiger partial charge in [0.2, 0.25) is 11.8 Å². The highest BCUT2D eigenvalue weighted by Gasteiger charge is 2.54. The summed E-state index contributed by atoms with van der Waals surface area (Å²) in [5.41, 5.74) is -0.0940. The van der Waals surface area contributed by atoms with Crippen LogP contribution < -0.4 is 10.6 Å². The van der Waals surface area contributed by atoms with Gasteiger partial charge in [0.25, 0.3) is 5.91 Å². The van der Waals surface area contributed by atoms with E-state index in [1.807, 2.05) is 30.3 Å². The summed E-state index contributed by atoms with van der Waals surface area (Å²) in [6, 6.07) is 13.8. The van der Waals surface area contributed by atoms with Crippen molar-refractivity contribution in [3.8, 4) is 0 Å². The van der Waals surface area contributed by atoms with Crippen LogP contribution in [0.15, 0.2) is 53.6 Å². The summed E-state index contributed by atoms with van der Waals surface area (Å²) in [4.78, 5) is 55.7. The van der Waals surface area contributed by atoms with Crippen molar-refractivity contribution >= 4 is 41.1 Å². The molecule has 11 nitrogen and oxygen atoms in total. The molecule has 2 aliphatic rings. The Labute approximate surface area is 275 Å². The first-order chi connectivity index (χ1) is 21.5. The normalized spacial score (nSPS) is 18.9. The molecule has 0 bridgehead atoms. The Morgan fingerprint density at radius 3 is 2.41 bits per heavy atom. The summed E-state index contributed by atoms with van der Waals surface area (Å²) in [5.74, 6) is -1.10. The van der Waals surface area contributed by atoms with E-state index in [-0.39, 0.29) is 31.4 Å². The first-order valence-electron chi connectivity index (χ1n) is 15.4. The van der Waals surface area contributed by atoms with Gasteiger partial charge in [0, 0.05) is 31.6 Å². The fourth-order valence-electron chi connectivity index (χ4n) is 5.84. The van der Waals surface area contributed by atoms with Gasteiger partial charge in [-0.2, -0.15) is 5.10 Å². The lowest BCUT2D eigenvalue weighted by molar-refractivity contribution is -0.142. The second kappa shape index (κ2) is 13.8. The van der Waals surface area contributed by atoms with Crippen LogP contribution in [0.1, 0.15) is 64.2 Å². The average Bonchev–Trinajstić information content (AvgIpc) is 3.22. The number of fused-ring (bicyclic) bond motifs is 1. The zero-order chi connectivity index (χ0) is 33.9. The van der Waals surface area contributed by atoms with E-state index in [0.717, 1.165) is 16.8 Å². The molecule has 0 aromatic heterocycles. The minimum Gasteiger partial charge on any atom is -0.444 e. The second-order valence-corrected chi connectivity index (χ2v) is 13.9. The molecule has 1 unspecified atom stereocenters. The molecular formula is C34H44ClN5O6. The molecule has 0 radical (unpaired) electrons. The summed E-state index contributed by atoms with van der Waals surface area (Å²) in [7, 11) is 1.63. The Kier molecular flexibility index (Phi) is 10.5. The number of aliphatic hydroxyl groups is 1. The van der Waals surface area contributed by atoms with Gasteiger partial charge in [0.05, 0.1) is 12.3 Å². The smallest absolute Gasteiger partial charge is 0.408 e. The van der Waals surface area contributed by atoms with Crippen LogP contribution in [0.2, 0.25) is 5.02 Å². The lowest BCUT2D eigenvalue weighted by Crippen LogP contribution is -2.62. The third-order valence-corrected chi connectivity index (χ3v) is 8.60. The lowest BCUT2D eigenvalue weighted by atomic mass is 9.73. The first-order valence-corrected chi connectivity index (χ1v) is 15.8. The molecule has 2 atom stereocenters. The van der Waals surface area contributed by atoms with E-state index in [9.17, 15) is 24.3 Å². The maximum atomic E-state index is 14.3. The van der Waals surface area contributed by atoms with Crippen molar-refractivity contribution in [3.63, 3.8) is 0 Å². The molecule has 2 aromatic carbocycles. The van der Waals surface area contributed by atoms with Crippen molar-refractivity contribution < 1.29 is 29.0 Å². The van der Waals surface area contributed by atoms with Crippen LogP contribution in [0.3, 0.4) is 0 Å². The largest absolute Gasteiger partial charge is 0.444 e. The highest BCUT2D eigenvalue weighted by atomic mass is 35.5. The van der Waals surface area contributed by atoms with Gasteiger partial charge in [-0.15, -0.1) is 0 Å². The highest BCUT2D eigenvalue weighted by Crippen LogP contribution is 2.38. The fourth-order valence-corrected chi connectivity index (χ4v) is 6.14. The number of hydrazone groups is 1. The third-order valence-electron chi connectivity index (χ3n) is 8.25. The van der Waals surface area contributed by atoms with Crippen molar-refractivity contribution in [2.75, 3.05) is 20.1 Å². The highest BCUT2D eigenvalue weighted by molar-refractivity contribution is 6.31. The number of nitrogens with zero attached hydrogens (tertiary/aromatic N) is 3. The van der Waals surface area contributed by atoms with Crippen molar-refractivity contribution in [2.24, 2.45) is 10.5 Å². The Bertz CT molecular complexity index is 1510. The minimum atomic E-state index is -1.42. The summed E-state index contributed by atoms with van der Waals surface area (Å²) < 4.78 is 5.34. The predicted molar refractivity (Wildman–Crippen MR) is 175 cm³/mol. The summed E-state index contributed by atoms with van der Waals surface area (Å²) in [6.45, 7) is 8.51. The number of benzene rings is 2. The molecule has 0 aliphatic carbocycles. The Morgan fingerprint density at radius 2 is 1.78 bits per heavy atom. The van der Waals surface area contributed by atoms with Gasteiger partial charge in [-0.05, 0) is 76.6 Å². The molecule has 46 heavy (non-hydrogen) atoms. The number of aliphatic hydroxyl groups excluding tert-OH is 1. The number of hydrogen-bond donors (Lipinski definition) is 3. The molecule has 2 aromatic rings. The van der Waals surface area contributed by atoms with E-state index < -0.39 is 34.6 Å². The molecule has 12 heteroatoms. The zero-order valence-corrected chi connectivity index (χ0v) is 28.1. The van der Waals surface area contributed by atoms with E-state index in [4.69, 9.17) is 16.3 Å². The molecule has 2 aliphatic heterocycles. The van der Waals surface area contributed by atoms with Crippen LogP contribution in [0.4, 0.5) is 4.79 Å². The molecule has 2 heterocycles. The van der Waals surface area contributed by atoms with E-state index >= 15 is 0 Å². The first kappa shape index (κ1) is 34.9. The van der Waals surface area contributed by atoms with Crippen molar-refractivity contribution in [2.45, 2.75) is 84.1 Å². The van der Waals surface area contributed by atoms with Gasteiger partial charge in [0.15, 0.2) is 0 Å². The molecule has 0 spiro atoms. The molecule has 1 fully saturated rings. The number of amides is 4. The number of halogens is 1. The van der Waals surface area contributed by atoms with Crippen molar-refractivity contribution in [1.82, 2.24) is 20.5 Å². The fraction of sp³-hybridized carbons (Fsp3) is 0.500. The molecule has 1 saturated heterocycles. The lowest BCUT2D eigenvalue weighted by Gasteiger charge is -2.41. The molecule has 248 valence electrons. The monoisotopic (exact) mass is 653 g/mol. The van der Waals surface area contributed by atoms with Crippen LogP contribution in [0.25, 0.3) is 0 Å². The van der Waals surface area contributed by atoms with Gasteiger partial charge >= 0.3 is 6.09 Å². The molecule has 3 N–H and O–H groups in total. The molecule has 0 saturated carbocycles. The van der Waals surface area contributed by atoms with E-state index in [1.54, 1.807) is 50.9 Å². The second-order valence-electron chi connectivity index (χ2n) is 13.5. The summed E-state index contributed by atoms with van der Waals surface area (Å²) in [5, 5.41) is 21.3. The number of hydrogen-bond acceptors (Lipinski definition) is 7. The van der Waals surface area contributed by atoms with Gasteiger partial charge < -0.3 is 25.4 Å². The van der Waals surface area contributed by atoms with Gasteiger partial charge in [0.1, 0.15) is 22.6 Å². The number of ether oxygens (including phenoxy) is 1. The number of aryl methyl sites for hydroxylation is 1. The number of carbonyl (C=O) groups is 4. The number of rotatable bonds is 10. The van der Waals surface area contributed by atoms with Crippen LogP contribution in [-0.4, -0.2) is 81.9 Å². The Balaban J connectivity index is 1.59. The van der Waals surface area contributed by atoms with Crippen LogP contribution in [-0.2, 0) is 38.6 Å². The number of likely N-dealkylation sites (tertiary alicyclic amines) is 1. The van der Waals surface area contributed by atoms with Crippen molar-refractivity contribution in [1.29, 1.82) is 0 Å². The Morgan fingerprint density at radius 1 is 1.09 bits per heavy atom. The summed E-state index contributed by atoms with van der Waals surface area (Å²) >= 11 is 6.48. The van der Waals surface area contributed by atoms with E-state index in [2.05, 4.69) is 15.7 Å². The average molecular weight is 654 g/mol. The quantitative estimate of drug-likeness (QED) is 0.356. The maximum absolute atomic E-state index is 14.3. The number of nitrogens with one attached hydrogen (secondary N) is 2. The van der Waals surface area contributed by atoms with Gasteiger partial charge in [-0.25, -0.2) is 9.80 Å². The maximum Gasteiger partial charge on any atom is 0.408 e. The number of carbonyl (C=O) groups excluding carboxylic acids is 4. The van der Waals surface area contributed by atoms with E-state index in [0.29, 0.717) is 36.4 Å². The van der Waals surface area contributed by atoms with E-state index in [1.165, 1.54) is 18.9 Å². The van der Waals surface area contributed by atoms with Gasteiger partial charge in [-0.3, -0.25) is 14.4 Å². The van der Waals surface area contributed by atoms with Gasteiger partial charge in [-0.1, -0.05) is 54.1 Å². The van der Waals surface area contributed by atoms with Crippen LogP contribution >= 0.6 is 11.6 Å². The number of piperidine rings is 1. The van der Waals surface area contributed by atoms with Crippen LogP contribution in [0.5, 0.6) is 0 Å². The SMILES string of the molecule is CN1N=C2CCN(C(=O)C(CCc3ccc(CO)cc3Cl)NC(=O)C(C)(C)NC(=O)OC(C)(C)C)C[C@@]2(Cc2ccccc2)C1=O. The number of alkyl carbamates (subject to hydrolysis) is 1. The topological polar surface area (TPSA) is 141 Å². The standard InChI is InChI=1S/C34H44ClN5O6/c1-32(2,3)46-31(45)37-33(4,5)29(43)36-26(15-14-24-13-12-23(20-41)18-25(24)35)28(42)40-17-16-27-34(21-40,30(44)39(6)38-27)19-22-10-8-7-9-11-22/h7-13,18,26,41H,14-17,19-21H2,1-6H3,(H,36,43)(H,37,45)/t26?,34-/m1/s1. The molecule has 4 rings (SSSR count). The minimum absolute atomic E-state index is 0.112. The molecule has 4 amide bonds. The summed E-state index contributed by atoms with van der Waals surface area (Å²) in [6.07, 6.45) is 0.577. The third kappa shape index (κ3) is 8.06. The zero-order valence-electron chi connectivity index (χ0n) is 27.4. The van der Waals surface area contributed by atoms with Crippen molar-refractivity contribution in [3.05, 3.63) is 70.2 Å². The molecular weight excluding hydrogens is 610 g/mol. The van der Waals surface area contributed by atoms with Crippen LogP contribution in [0, 0.1) is 5.41 Å². The Hall–Kier alpha value is -3.96. The predicted octanol–water partition coefficient (Wildman–Crippen LogP) is 3.84.